The van der Waals surface area contributed by atoms with Crippen molar-refractivity contribution in [3.8, 4) is 11.4 Å². The Morgan fingerprint density at radius 2 is 2.14 bits per heavy atom. The zero-order valence-electron chi connectivity index (χ0n) is 13.1. The Hall–Kier alpha value is -2.48. The minimum atomic E-state index is -0.619. The lowest BCUT2D eigenvalue weighted by atomic mass is 9.87. The van der Waals surface area contributed by atoms with Gasteiger partial charge in [0.05, 0.1) is 13.2 Å². The molecule has 1 aromatic heterocycles. The van der Waals surface area contributed by atoms with Gasteiger partial charge in [-0.05, 0) is 34.0 Å². The second kappa shape index (κ2) is 6.10. The highest BCUT2D eigenvalue weighted by Gasteiger charge is 2.27. The van der Waals surface area contributed by atoms with Gasteiger partial charge in [0.1, 0.15) is 17.8 Å². The van der Waals surface area contributed by atoms with Crippen LogP contribution in [0.2, 0.25) is 0 Å². The Balaban J connectivity index is 2.27. The summed E-state index contributed by atoms with van der Waals surface area (Å²) >= 11 is 0. The highest BCUT2D eigenvalue weighted by Crippen LogP contribution is 2.26. The van der Waals surface area contributed by atoms with Crippen LogP contribution in [0, 0.1) is 5.41 Å². The molecular formula is C14H20N6O2. The van der Waals surface area contributed by atoms with Crippen LogP contribution in [0.5, 0.6) is 5.75 Å². The Morgan fingerprint density at radius 3 is 2.68 bits per heavy atom. The van der Waals surface area contributed by atoms with E-state index in [2.05, 4.69) is 20.8 Å². The Labute approximate surface area is 128 Å². The van der Waals surface area contributed by atoms with E-state index in [0.29, 0.717) is 17.1 Å². The van der Waals surface area contributed by atoms with Gasteiger partial charge in [-0.2, -0.15) is 4.68 Å². The van der Waals surface area contributed by atoms with Crippen molar-refractivity contribution in [1.82, 2.24) is 20.2 Å². The van der Waals surface area contributed by atoms with Gasteiger partial charge in [0, 0.05) is 5.69 Å². The van der Waals surface area contributed by atoms with Crippen LogP contribution in [0.4, 0.5) is 5.69 Å². The number of nitrogens with zero attached hydrogens (tertiary/aromatic N) is 4. The van der Waals surface area contributed by atoms with Crippen LogP contribution < -0.4 is 15.8 Å². The molecule has 0 aliphatic carbocycles. The Morgan fingerprint density at radius 1 is 1.41 bits per heavy atom. The minimum Gasteiger partial charge on any atom is -0.494 e. The van der Waals surface area contributed by atoms with Crippen LogP contribution >= 0.6 is 0 Å². The van der Waals surface area contributed by atoms with Gasteiger partial charge in [-0.25, -0.2) is 0 Å². The summed E-state index contributed by atoms with van der Waals surface area (Å²) in [7, 11) is 1.55. The van der Waals surface area contributed by atoms with E-state index < -0.39 is 6.04 Å². The first-order chi connectivity index (χ1) is 10.3. The van der Waals surface area contributed by atoms with Crippen LogP contribution in [-0.4, -0.2) is 39.3 Å². The van der Waals surface area contributed by atoms with Gasteiger partial charge in [0.25, 0.3) is 0 Å². The van der Waals surface area contributed by atoms with Crippen LogP contribution in [0.25, 0.3) is 5.69 Å². The molecule has 1 amide bonds. The predicted octanol–water partition coefficient (Wildman–Crippen LogP) is 0.983. The molecule has 0 radical (unpaired) electrons. The zero-order chi connectivity index (χ0) is 16.3. The third-order valence-corrected chi connectivity index (χ3v) is 3.26. The summed E-state index contributed by atoms with van der Waals surface area (Å²) in [6.45, 7) is 5.74. The van der Waals surface area contributed by atoms with E-state index in [-0.39, 0.29) is 11.3 Å². The zero-order valence-corrected chi connectivity index (χ0v) is 13.1. The summed E-state index contributed by atoms with van der Waals surface area (Å²) in [5, 5.41) is 13.8. The average Bonchev–Trinajstić information content (AvgIpc) is 2.99. The van der Waals surface area contributed by atoms with Gasteiger partial charge in [-0.15, -0.1) is 5.10 Å². The fourth-order valence-corrected chi connectivity index (χ4v) is 1.83. The van der Waals surface area contributed by atoms with Crippen LogP contribution in [0.1, 0.15) is 20.8 Å². The molecule has 1 aromatic carbocycles. The molecule has 3 N–H and O–H groups in total. The molecule has 0 fully saturated rings. The summed E-state index contributed by atoms with van der Waals surface area (Å²) in [5.41, 5.74) is 6.85. The van der Waals surface area contributed by atoms with Crippen molar-refractivity contribution in [1.29, 1.82) is 0 Å². The van der Waals surface area contributed by atoms with Crippen LogP contribution in [0.3, 0.4) is 0 Å². The number of anilines is 1. The van der Waals surface area contributed by atoms with Gasteiger partial charge >= 0.3 is 0 Å². The normalized spacial score (nSPS) is 12.8. The minimum absolute atomic E-state index is 0.250. The van der Waals surface area contributed by atoms with E-state index in [4.69, 9.17) is 10.5 Å². The maximum absolute atomic E-state index is 12.2. The van der Waals surface area contributed by atoms with Gasteiger partial charge in [-0.1, -0.05) is 20.8 Å². The summed E-state index contributed by atoms with van der Waals surface area (Å²) in [5.74, 6) is 0.339. The largest absolute Gasteiger partial charge is 0.494 e. The summed E-state index contributed by atoms with van der Waals surface area (Å²) in [6, 6.07) is 4.57. The van der Waals surface area contributed by atoms with Gasteiger partial charge in [0.15, 0.2) is 0 Å². The number of methoxy groups -OCH3 is 1. The molecule has 8 heteroatoms. The molecule has 1 atom stereocenters. The number of nitrogens with one attached hydrogen (secondary N) is 1. The summed E-state index contributed by atoms with van der Waals surface area (Å²) in [4.78, 5) is 12.2. The molecule has 0 bridgehead atoms. The highest BCUT2D eigenvalue weighted by molar-refractivity contribution is 5.95. The Kier molecular flexibility index (Phi) is 4.41. The lowest BCUT2D eigenvalue weighted by molar-refractivity contribution is -0.119. The van der Waals surface area contributed by atoms with E-state index >= 15 is 0 Å². The monoisotopic (exact) mass is 304 g/mol. The van der Waals surface area contributed by atoms with Gasteiger partial charge < -0.3 is 15.8 Å². The maximum atomic E-state index is 12.2. The lowest BCUT2D eigenvalue weighted by Gasteiger charge is -2.25. The molecule has 0 spiro atoms. The van der Waals surface area contributed by atoms with Crippen molar-refractivity contribution in [3.05, 3.63) is 24.5 Å². The SMILES string of the molecule is COc1ccc(NC(=O)[C@@H](N)C(C)(C)C)cc1-n1cnnn1. The topological polar surface area (TPSA) is 108 Å². The van der Waals surface area contributed by atoms with Crippen molar-refractivity contribution in [2.45, 2.75) is 26.8 Å². The molecule has 0 unspecified atom stereocenters. The number of hydrogen-bond acceptors (Lipinski definition) is 6. The number of carbonyl (C=O) groups is 1. The number of ether oxygens (including phenoxy) is 1. The number of carbonyl (C=O) groups excluding carboxylic acids is 1. The third-order valence-electron chi connectivity index (χ3n) is 3.26. The van der Waals surface area contributed by atoms with Crippen LogP contribution in [-0.2, 0) is 4.79 Å². The highest BCUT2D eigenvalue weighted by atomic mass is 16.5. The number of amides is 1. The van der Waals surface area contributed by atoms with Crippen molar-refractivity contribution >= 4 is 11.6 Å². The second-order valence-corrected chi connectivity index (χ2v) is 5.97. The first-order valence-electron chi connectivity index (χ1n) is 6.81. The average molecular weight is 304 g/mol. The van der Waals surface area contributed by atoms with E-state index in [0.717, 1.165) is 0 Å². The number of hydrogen-bond donors (Lipinski definition) is 2. The predicted molar refractivity (Wildman–Crippen MR) is 81.8 cm³/mol. The molecule has 0 aliphatic heterocycles. The summed E-state index contributed by atoms with van der Waals surface area (Å²) < 4.78 is 6.73. The molecular weight excluding hydrogens is 284 g/mol. The number of benzene rings is 1. The molecule has 0 saturated heterocycles. The number of tetrazole rings is 1. The summed E-state index contributed by atoms with van der Waals surface area (Å²) in [6.07, 6.45) is 1.45. The van der Waals surface area contributed by atoms with E-state index in [1.54, 1.807) is 25.3 Å². The number of rotatable bonds is 4. The van der Waals surface area contributed by atoms with E-state index in [1.807, 2.05) is 20.8 Å². The molecule has 0 saturated carbocycles. The van der Waals surface area contributed by atoms with Gasteiger partial charge in [0.2, 0.25) is 5.91 Å². The van der Waals surface area contributed by atoms with Crippen LogP contribution in [0.15, 0.2) is 24.5 Å². The standard InChI is InChI=1S/C14H20N6O2/c1-14(2,3)12(15)13(21)17-9-5-6-11(22-4)10(7-9)20-8-16-18-19-20/h5-8,12H,15H2,1-4H3,(H,17,21)/t12-/m1/s1. The first-order valence-corrected chi connectivity index (χ1v) is 6.81. The number of nitrogens with two attached hydrogens (primary N) is 1. The molecule has 1 heterocycles. The van der Waals surface area contributed by atoms with E-state index in [1.165, 1.54) is 11.0 Å². The fraction of sp³-hybridized carbons (Fsp3) is 0.429. The van der Waals surface area contributed by atoms with E-state index in [9.17, 15) is 4.79 Å². The second-order valence-electron chi connectivity index (χ2n) is 5.97. The maximum Gasteiger partial charge on any atom is 0.241 e. The quantitative estimate of drug-likeness (QED) is 0.872. The van der Waals surface area contributed by atoms with Crippen molar-refractivity contribution in [2.75, 3.05) is 12.4 Å². The lowest BCUT2D eigenvalue weighted by Crippen LogP contribution is -2.45. The molecule has 8 nitrogen and oxygen atoms in total. The number of aromatic nitrogens is 4. The Bertz CT molecular complexity index is 648. The molecule has 22 heavy (non-hydrogen) atoms. The molecule has 118 valence electrons. The molecule has 2 aromatic rings. The fourth-order valence-electron chi connectivity index (χ4n) is 1.83. The molecule has 2 rings (SSSR count). The van der Waals surface area contributed by atoms with Crippen molar-refractivity contribution in [3.63, 3.8) is 0 Å². The van der Waals surface area contributed by atoms with Crippen molar-refractivity contribution in [2.24, 2.45) is 11.1 Å². The first kappa shape index (κ1) is 15.9. The third kappa shape index (κ3) is 3.40. The van der Waals surface area contributed by atoms with Crippen molar-refractivity contribution < 1.29 is 9.53 Å². The molecule has 0 aliphatic rings. The smallest absolute Gasteiger partial charge is 0.241 e. The van der Waals surface area contributed by atoms with Gasteiger partial charge in [-0.3, -0.25) is 4.79 Å².